The van der Waals surface area contributed by atoms with Crippen LogP contribution in [0.15, 0.2) is 0 Å². The minimum atomic E-state index is -0.828. The van der Waals surface area contributed by atoms with Gasteiger partial charge in [0.25, 0.3) is 0 Å². The summed E-state index contributed by atoms with van der Waals surface area (Å²) in [7, 11) is 0. The molecule has 1 saturated heterocycles. The SMILES string of the molecule is O=C(O)CC1(NC(=O)C2CSCN2)CCCCC1. The van der Waals surface area contributed by atoms with Gasteiger partial charge in [0.2, 0.25) is 5.91 Å². The van der Waals surface area contributed by atoms with E-state index >= 15 is 0 Å². The Morgan fingerprint density at radius 1 is 1.33 bits per heavy atom. The van der Waals surface area contributed by atoms with Crippen molar-refractivity contribution in [2.45, 2.75) is 50.1 Å². The lowest BCUT2D eigenvalue weighted by molar-refractivity contribution is -0.139. The highest BCUT2D eigenvalue weighted by atomic mass is 32.2. The molecule has 0 bridgehead atoms. The van der Waals surface area contributed by atoms with Gasteiger partial charge in [-0.2, -0.15) is 0 Å². The lowest BCUT2D eigenvalue weighted by Gasteiger charge is -2.37. The summed E-state index contributed by atoms with van der Waals surface area (Å²) in [5.74, 6) is 0.702. The third-order valence-electron chi connectivity index (χ3n) is 3.72. The summed E-state index contributed by atoms with van der Waals surface area (Å²) in [6.07, 6.45) is 4.74. The first-order chi connectivity index (χ1) is 8.61. The number of carboxylic acid groups (broad SMARTS) is 1. The Labute approximate surface area is 111 Å². The van der Waals surface area contributed by atoms with Gasteiger partial charge in [0.15, 0.2) is 0 Å². The molecule has 18 heavy (non-hydrogen) atoms. The summed E-state index contributed by atoms with van der Waals surface area (Å²) in [4.78, 5) is 23.1. The van der Waals surface area contributed by atoms with E-state index in [0.29, 0.717) is 0 Å². The first kappa shape index (κ1) is 13.7. The topological polar surface area (TPSA) is 78.4 Å². The van der Waals surface area contributed by atoms with Crippen LogP contribution >= 0.6 is 11.8 Å². The molecule has 2 aliphatic rings. The molecule has 1 aliphatic heterocycles. The molecule has 0 spiro atoms. The van der Waals surface area contributed by atoms with Gasteiger partial charge in [-0.1, -0.05) is 19.3 Å². The highest BCUT2D eigenvalue weighted by Gasteiger charge is 2.37. The highest BCUT2D eigenvalue weighted by molar-refractivity contribution is 7.99. The second kappa shape index (κ2) is 5.93. The Balaban J connectivity index is 1.99. The van der Waals surface area contributed by atoms with Crippen LogP contribution in [0.25, 0.3) is 0 Å². The average Bonchev–Trinajstić information content (AvgIpc) is 2.82. The second-order valence-corrected chi connectivity index (χ2v) is 6.20. The van der Waals surface area contributed by atoms with E-state index in [1.807, 2.05) is 0 Å². The van der Waals surface area contributed by atoms with E-state index in [-0.39, 0.29) is 18.4 Å². The Bertz CT molecular complexity index is 323. The van der Waals surface area contributed by atoms with E-state index in [9.17, 15) is 9.59 Å². The van der Waals surface area contributed by atoms with Crippen LogP contribution in [0.5, 0.6) is 0 Å². The molecule has 1 heterocycles. The van der Waals surface area contributed by atoms with Gasteiger partial charge in [0, 0.05) is 11.6 Å². The Hall–Kier alpha value is -0.750. The van der Waals surface area contributed by atoms with Crippen LogP contribution in [0, 0.1) is 0 Å². The third kappa shape index (κ3) is 3.38. The summed E-state index contributed by atoms with van der Waals surface area (Å²) in [5.41, 5.74) is -0.518. The van der Waals surface area contributed by atoms with Crippen LogP contribution in [0.3, 0.4) is 0 Å². The molecule has 102 valence electrons. The number of hydrogen-bond donors (Lipinski definition) is 3. The second-order valence-electron chi connectivity index (χ2n) is 5.17. The predicted octanol–water partition coefficient (Wildman–Crippen LogP) is 0.943. The minimum absolute atomic E-state index is 0.0387. The number of rotatable bonds is 4. The standard InChI is InChI=1S/C12H20N2O3S/c15-10(16)6-12(4-2-1-3-5-12)14-11(17)9-7-18-8-13-9/h9,13H,1-8H2,(H,14,17)(H,15,16). The van der Waals surface area contributed by atoms with E-state index in [4.69, 9.17) is 5.11 Å². The van der Waals surface area contributed by atoms with Crippen LogP contribution in [0.1, 0.15) is 38.5 Å². The Morgan fingerprint density at radius 2 is 2.06 bits per heavy atom. The van der Waals surface area contributed by atoms with Gasteiger partial charge in [-0.05, 0) is 12.8 Å². The van der Waals surface area contributed by atoms with Gasteiger partial charge in [0.1, 0.15) is 0 Å². The molecule has 1 saturated carbocycles. The zero-order valence-electron chi connectivity index (χ0n) is 10.4. The zero-order chi connectivity index (χ0) is 13.0. The molecule has 6 heteroatoms. The maximum absolute atomic E-state index is 12.1. The van der Waals surface area contributed by atoms with Crippen molar-refractivity contribution in [3.63, 3.8) is 0 Å². The number of hydrogen-bond acceptors (Lipinski definition) is 4. The fourth-order valence-electron chi connectivity index (χ4n) is 2.78. The summed E-state index contributed by atoms with van der Waals surface area (Å²) >= 11 is 1.70. The molecule has 2 fully saturated rings. The van der Waals surface area contributed by atoms with Crippen molar-refractivity contribution in [1.82, 2.24) is 10.6 Å². The fraction of sp³-hybridized carbons (Fsp3) is 0.833. The van der Waals surface area contributed by atoms with Crippen LogP contribution < -0.4 is 10.6 Å². The number of carboxylic acids is 1. The van der Waals surface area contributed by atoms with Crippen LogP contribution in [0.2, 0.25) is 0 Å². The van der Waals surface area contributed by atoms with Crippen molar-refractivity contribution in [3.8, 4) is 0 Å². The molecule has 1 unspecified atom stereocenters. The maximum Gasteiger partial charge on any atom is 0.305 e. The van der Waals surface area contributed by atoms with Crippen molar-refractivity contribution >= 4 is 23.6 Å². The van der Waals surface area contributed by atoms with Crippen molar-refractivity contribution in [1.29, 1.82) is 0 Å². The molecule has 0 aromatic rings. The molecule has 5 nitrogen and oxygen atoms in total. The summed E-state index contributed by atoms with van der Waals surface area (Å²) < 4.78 is 0. The number of amides is 1. The number of nitrogens with one attached hydrogen (secondary N) is 2. The fourth-order valence-corrected chi connectivity index (χ4v) is 3.72. The third-order valence-corrected chi connectivity index (χ3v) is 4.66. The normalized spacial score (nSPS) is 26.8. The molecule has 0 radical (unpaired) electrons. The highest BCUT2D eigenvalue weighted by Crippen LogP contribution is 2.31. The van der Waals surface area contributed by atoms with Crippen molar-refractivity contribution in [2.24, 2.45) is 0 Å². The van der Waals surface area contributed by atoms with E-state index in [0.717, 1.165) is 43.7 Å². The van der Waals surface area contributed by atoms with E-state index < -0.39 is 11.5 Å². The Morgan fingerprint density at radius 3 is 2.61 bits per heavy atom. The van der Waals surface area contributed by atoms with E-state index in [2.05, 4.69) is 10.6 Å². The first-order valence-corrected chi connectivity index (χ1v) is 7.62. The van der Waals surface area contributed by atoms with Gasteiger partial charge in [-0.15, -0.1) is 11.8 Å². The van der Waals surface area contributed by atoms with Gasteiger partial charge >= 0.3 is 5.97 Å². The van der Waals surface area contributed by atoms with Crippen molar-refractivity contribution in [3.05, 3.63) is 0 Å². The molecule has 0 aromatic carbocycles. The number of thioether (sulfide) groups is 1. The number of carbonyl (C=O) groups is 2. The van der Waals surface area contributed by atoms with E-state index in [1.165, 1.54) is 0 Å². The largest absolute Gasteiger partial charge is 0.481 e. The summed E-state index contributed by atoms with van der Waals surface area (Å²) in [6.45, 7) is 0. The zero-order valence-corrected chi connectivity index (χ0v) is 11.2. The molecule has 0 aromatic heterocycles. The first-order valence-electron chi connectivity index (χ1n) is 6.46. The van der Waals surface area contributed by atoms with Gasteiger partial charge in [-0.3, -0.25) is 14.9 Å². The average molecular weight is 272 g/mol. The lowest BCUT2D eigenvalue weighted by Crippen LogP contribution is -2.55. The number of carbonyl (C=O) groups excluding carboxylic acids is 1. The van der Waals surface area contributed by atoms with Crippen molar-refractivity contribution < 1.29 is 14.7 Å². The van der Waals surface area contributed by atoms with Crippen LogP contribution in [-0.2, 0) is 9.59 Å². The number of aliphatic carboxylic acids is 1. The summed E-state index contributed by atoms with van der Waals surface area (Å²) in [5, 5.41) is 15.2. The van der Waals surface area contributed by atoms with Gasteiger partial charge in [-0.25, -0.2) is 0 Å². The molecule has 1 amide bonds. The molecular formula is C12H20N2O3S. The summed E-state index contributed by atoms with van der Waals surface area (Å²) in [6, 6.07) is -0.164. The maximum atomic E-state index is 12.1. The Kier molecular flexibility index (Phi) is 4.50. The lowest BCUT2D eigenvalue weighted by atomic mass is 9.79. The molecule has 1 atom stereocenters. The van der Waals surface area contributed by atoms with Gasteiger partial charge in [0.05, 0.1) is 18.0 Å². The minimum Gasteiger partial charge on any atom is -0.481 e. The van der Waals surface area contributed by atoms with Crippen LogP contribution in [0.4, 0.5) is 0 Å². The quantitative estimate of drug-likeness (QED) is 0.710. The molecule has 1 aliphatic carbocycles. The van der Waals surface area contributed by atoms with Crippen molar-refractivity contribution in [2.75, 3.05) is 11.6 Å². The molecule has 3 N–H and O–H groups in total. The van der Waals surface area contributed by atoms with Gasteiger partial charge < -0.3 is 10.4 Å². The van der Waals surface area contributed by atoms with E-state index in [1.54, 1.807) is 11.8 Å². The smallest absolute Gasteiger partial charge is 0.305 e. The predicted molar refractivity (Wildman–Crippen MR) is 70.5 cm³/mol. The molecular weight excluding hydrogens is 252 g/mol. The molecule has 2 rings (SSSR count). The monoisotopic (exact) mass is 272 g/mol. The van der Waals surface area contributed by atoms with Crippen LogP contribution in [-0.4, -0.2) is 40.2 Å².